The van der Waals surface area contributed by atoms with Gasteiger partial charge in [0.05, 0.1) is 17.0 Å². The zero-order valence-electron chi connectivity index (χ0n) is 11.5. The van der Waals surface area contributed by atoms with Crippen LogP contribution >= 0.6 is 0 Å². The molecule has 0 aromatic carbocycles. The van der Waals surface area contributed by atoms with Gasteiger partial charge < -0.3 is 5.32 Å². The number of nitrogens with zero attached hydrogens (tertiary/aromatic N) is 2. The van der Waals surface area contributed by atoms with Crippen LogP contribution in [0.5, 0.6) is 0 Å². The Hall–Kier alpha value is -2.35. The summed E-state index contributed by atoms with van der Waals surface area (Å²) in [6.45, 7) is 1.76. The predicted molar refractivity (Wildman–Crippen MR) is 80.4 cm³/mol. The van der Waals surface area contributed by atoms with Crippen molar-refractivity contribution in [3.63, 3.8) is 0 Å². The second-order valence-electron chi connectivity index (χ2n) is 4.33. The van der Waals surface area contributed by atoms with E-state index in [2.05, 4.69) is 15.1 Å². The monoisotopic (exact) mass is 308 g/mol. The maximum Gasteiger partial charge on any atom is 0.243 e. The van der Waals surface area contributed by atoms with Crippen LogP contribution in [0, 0.1) is 0 Å². The number of fused-ring (bicyclic) bond motifs is 1. The number of sulfonamides is 1. The van der Waals surface area contributed by atoms with Crippen molar-refractivity contribution in [1.29, 1.82) is 0 Å². The molecular weight excluding hydrogens is 292 g/mol. The van der Waals surface area contributed by atoms with Gasteiger partial charge in [-0.05, 0) is 31.2 Å². The van der Waals surface area contributed by atoms with Crippen LogP contribution in [0.4, 0.5) is 5.69 Å². The lowest BCUT2D eigenvalue weighted by Gasteiger charge is -2.08. The first-order chi connectivity index (χ1) is 10.00. The zero-order valence-corrected chi connectivity index (χ0v) is 12.3. The lowest BCUT2D eigenvalue weighted by Crippen LogP contribution is -2.30. The van der Waals surface area contributed by atoms with Gasteiger partial charge in [0.1, 0.15) is 0 Å². The maximum atomic E-state index is 11.9. The third kappa shape index (κ3) is 4.32. The number of hydrogen-bond acceptors (Lipinski definition) is 4. The van der Waals surface area contributed by atoms with Gasteiger partial charge in [-0.2, -0.15) is 5.10 Å². The van der Waals surface area contributed by atoms with Crippen LogP contribution in [0.2, 0.25) is 0 Å². The summed E-state index contributed by atoms with van der Waals surface area (Å²) in [6.07, 6.45) is 6.22. The molecule has 0 saturated carbocycles. The number of carbonyl (C=O) groups is 1. The molecule has 0 aliphatic rings. The van der Waals surface area contributed by atoms with Crippen molar-refractivity contribution in [2.45, 2.75) is 6.92 Å². The number of nitrogens with one attached hydrogen (secondary N) is 2. The summed E-state index contributed by atoms with van der Waals surface area (Å²) >= 11 is 0. The van der Waals surface area contributed by atoms with Crippen molar-refractivity contribution in [3.05, 3.63) is 42.7 Å². The molecule has 112 valence electrons. The molecule has 2 aromatic heterocycles. The molecular formula is C13H16N4O3S. The molecule has 1 amide bonds. The van der Waals surface area contributed by atoms with Gasteiger partial charge in [0, 0.05) is 18.9 Å². The number of pyridine rings is 1. The molecule has 0 radical (unpaired) electrons. The third-order valence-corrected chi connectivity index (χ3v) is 3.95. The molecule has 21 heavy (non-hydrogen) atoms. The van der Waals surface area contributed by atoms with E-state index < -0.39 is 10.0 Å². The molecule has 0 aliphatic carbocycles. The van der Waals surface area contributed by atoms with Gasteiger partial charge in [-0.25, -0.2) is 12.9 Å². The number of amides is 1. The lowest BCUT2D eigenvalue weighted by atomic mass is 10.4. The molecule has 0 fully saturated rings. The van der Waals surface area contributed by atoms with Crippen LogP contribution in [0.15, 0.2) is 42.7 Å². The Morgan fingerprint density at radius 1 is 1.43 bits per heavy atom. The van der Waals surface area contributed by atoms with Crippen LogP contribution in [-0.2, 0) is 14.8 Å². The Kier molecular flexibility index (Phi) is 4.59. The largest absolute Gasteiger partial charge is 0.351 e. The highest BCUT2D eigenvalue weighted by Crippen LogP contribution is 2.12. The van der Waals surface area contributed by atoms with Crippen LogP contribution in [0.3, 0.4) is 0 Å². The summed E-state index contributed by atoms with van der Waals surface area (Å²) in [5, 5.41) is 6.52. The molecule has 7 nitrogen and oxygen atoms in total. The first-order valence-corrected chi connectivity index (χ1v) is 8.00. The number of aromatic nitrogens is 2. The van der Waals surface area contributed by atoms with Crippen molar-refractivity contribution < 1.29 is 13.2 Å². The summed E-state index contributed by atoms with van der Waals surface area (Å²) in [7, 11) is -3.52. The predicted octanol–water partition coefficient (Wildman–Crippen LogP) is 0.768. The van der Waals surface area contributed by atoms with Crippen LogP contribution in [0.25, 0.3) is 5.52 Å². The minimum atomic E-state index is -3.52. The minimum Gasteiger partial charge on any atom is -0.351 e. The van der Waals surface area contributed by atoms with Gasteiger partial charge in [0.15, 0.2) is 0 Å². The van der Waals surface area contributed by atoms with Crippen LogP contribution in [0.1, 0.15) is 6.92 Å². The van der Waals surface area contributed by atoms with E-state index in [-0.39, 0.29) is 18.2 Å². The summed E-state index contributed by atoms with van der Waals surface area (Å²) in [6, 6.07) is 5.08. The molecule has 0 saturated heterocycles. The summed E-state index contributed by atoms with van der Waals surface area (Å²) < 4.78 is 27.9. The highest BCUT2D eigenvalue weighted by atomic mass is 32.2. The van der Waals surface area contributed by atoms with E-state index in [4.69, 9.17) is 0 Å². The van der Waals surface area contributed by atoms with Gasteiger partial charge >= 0.3 is 0 Å². The average Bonchev–Trinajstić information content (AvgIpc) is 2.85. The summed E-state index contributed by atoms with van der Waals surface area (Å²) in [5.41, 5.74) is 1.25. The van der Waals surface area contributed by atoms with Crippen LogP contribution < -0.4 is 10.0 Å². The lowest BCUT2D eigenvalue weighted by molar-refractivity contribution is -0.116. The number of anilines is 1. The fraction of sp³-hybridized carbons (Fsp3) is 0.231. The number of allylic oxidation sites excluding steroid dienone is 1. The van der Waals surface area contributed by atoms with Crippen molar-refractivity contribution >= 4 is 27.1 Å². The van der Waals surface area contributed by atoms with Crippen LogP contribution in [-0.4, -0.2) is 36.2 Å². The number of hydrogen-bond donors (Lipinski definition) is 2. The second kappa shape index (κ2) is 6.40. The first-order valence-electron chi connectivity index (χ1n) is 6.34. The number of carbonyl (C=O) groups excluding carboxylic acids is 1. The maximum absolute atomic E-state index is 11.9. The zero-order chi connectivity index (χ0) is 15.3. The Bertz CT molecular complexity index is 765. The normalized spacial score (nSPS) is 11.9. The Morgan fingerprint density at radius 2 is 2.24 bits per heavy atom. The highest BCUT2D eigenvalue weighted by molar-refractivity contribution is 7.92. The molecule has 2 heterocycles. The van der Waals surface area contributed by atoms with E-state index in [1.165, 1.54) is 6.08 Å². The summed E-state index contributed by atoms with van der Waals surface area (Å²) in [4.78, 5) is 11.2. The quantitative estimate of drug-likeness (QED) is 0.771. The van der Waals surface area contributed by atoms with Gasteiger partial charge in [-0.3, -0.25) is 9.52 Å². The van der Waals surface area contributed by atoms with E-state index in [0.717, 1.165) is 5.52 Å². The van der Waals surface area contributed by atoms with E-state index in [1.807, 2.05) is 0 Å². The van der Waals surface area contributed by atoms with E-state index in [0.29, 0.717) is 5.69 Å². The Morgan fingerprint density at radius 3 is 3.00 bits per heavy atom. The topological polar surface area (TPSA) is 92.6 Å². The van der Waals surface area contributed by atoms with E-state index in [1.54, 1.807) is 48.1 Å². The number of rotatable bonds is 6. The molecule has 8 heteroatoms. The third-order valence-electron chi connectivity index (χ3n) is 2.66. The molecule has 2 aromatic rings. The SMILES string of the molecule is CC=CC(=O)NCCS(=O)(=O)Nc1ccn2nccc2c1. The van der Waals surface area contributed by atoms with Gasteiger partial charge in [-0.1, -0.05) is 6.08 Å². The highest BCUT2D eigenvalue weighted by Gasteiger charge is 2.11. The molecule has 0 spiro atoms. The minimum absolute atomic E-state index is 0.0490. The molecule has 0 atom stereocenters. The molecule has 0 aliphatic heterocycles. The second-order valence-corrected chi connectivity index (χ2v) is 6.17. The molecule has 0 bridgehead atoms. The fourth-order valence-electron chi connectivity index (χ4n) is 1.73. The molecule has 2 N–H and O–H groups in total. The smallest absolute Gasteiger partial charge is 0.243 e. The van der Waals surface area contributed by atoms with Gasteiger partial charge in [0.25, 0.3) is 0 Å². The van der Waals surface area contributed by atoms with Crippen molar-refractivity contribution in [1.82, 2.24) is 14.9 Å². The van der Waals surface area contributed by atoms with Crippen molar-refractivity contribution in [2.75, 3.05) is 17.0 Å². The van der Waals surface area contributed by atoms with E-state index in [9.17, 15) is 13.2 Å². The van der Waals surface area contributed by atoms with E-state index >= 15 is 0 Å². The standard InChI is InChI=1S/C13H16N4O3S/c1-2-3-13(18)14-7-9-21(19,20)16-11-5-8-17-12(10-11)4-6-15-17/h2-6,8,10,16H,7,9H2,1H3,(H,14,18). The Balaban J connectivity index is 1.95. The Labute approximate surface area is 122 Å². The van der Waals surface area contributed by atoms with Gasteiger partial charge in [0.2, 0.25) is 15.9 Å². The van der Waals surface area contributed by atoms with Crippen molar-refractivity contribution in [2.24, 2.45) is 0 Å². The molecule has 0 unspecified atom stereocenters. The first kappa shape index (κ1) is 15.0. The van der Waals surface area contributed by atoms with Crippen molar-refractivity contribution in [3.8, 4) is 0 Å². The summed E-state index contributed by atoms with van der Waals surface area (Å²) in [5.74, 6) is -0.505. The average molecular weight is 308 g/mol. The molecule has 2 rings (SSSR count). The fourth-order valence-corrected chi connectivity index (χ4v) is 2.69. The van der Waals surface area contributed by atoms with Gasteiger partial charge in [-0.15, -0.1) is 0 Å².